The van der Waals surface area contributed by atoms with Gasteiger partial charge in [0.2, 0.25) is 0 Å². The van der Waals surface area contributed by atoms with Crippen LogP contribution in [0.15, 0.2) is 54.7 Å². The average molecular weight is 329 g/mol. The second-order valence-electron chi connectivity index (χ2n) is 6.17. The zero-order valence-corrected chi connectivity index (χ0v) is 13.9. The van der Waals surface area contributed by atoms with Crippen LogP contribution >= 0.6 is 0 Å². The van der Waals surface area contributed by atoms with E-state index in [1.54, 1.807) is 25.3 Å². The number of hydrogen-bond donors (Lipinski definition) is 0. The number of fused-ring (bicyclic) bond motifs is 2. The molecule has 0 amide bonds. The number of hydrogen-bond acceptors (Lipinski definition) is 4. The van der Waals surface area contributed by atoms with Crippen molar-refractivity contribution in [2.45, 2.75) is 13.8 Å². The van der Waals surface area contributed by atoms with Crippen molar-refractivity contribution >= 4 is 27.5 Å². The topological polar surface area (TPSA) is 68.9 Å². The van der Waals surface area contributed by atoms with Gasteiger partial charge in [-0.2, -0.15) is 0 Å². The molecule has 4 rings (SSSR count). The van der Waals surface area contributed by atoms with Crippen molar-refractivity contribution in [3.63, 3.8) is 0 Å². The Bertz CT molecular complexity index is 1150. The van der Waals surface area contributed by atoms with Gasteiger partial charge < -0.3 is 0 Å². The Kier molecular flexibility index (Phi) is 3.42. The van der Waals surface area contributed by atoms with Crippen molar-refractivity contribution < 1.29 is 4.92 Å². The Labute approximate surface area is 144 Å². The summed E-state index contributed by atoms with van der Waals surface area (Å²) in [5.74, 6) is 0. The number of benzene rings is 2. The van der Waals surface area contributed by atoms with Crippen LogP contribution < -0.4 is 0 Å². The van der Waals surface area contributed by atoms with E-state index in [-0.39, 0.29) is 10.6 Å². The maximum absolute atomic E-state index is 11.3. The molecule has 0 atom stereocenters. The molecule has 25 heavy (non-hydrogen) atoms. The van der Waals surface area contributed by atoms with Gasteiger partial charge in [0.15, 0.2) is 0 Å². The minimum atomic E-state index is -0.348. The molecule has 0 aliphatic carbocycles. The highest BCUT2D eigenvalue weighted by atomic mass is 16.6. The van der Waals surface area contributed by atoms with Crippen molar-refractivity contribution in [1.29, 1.82) is 0 Å². The minimum absolute atomic E-state index is 0.115. The van der Waals surface area contributed by atoms with E-state index >= 15 is 0 Å². The quantitative estimate of drug-likeness (QED) is 0.384. The van der Waals surface area contributed by atoms with Crippen molar-refractivity contribution in [2.24, 2.45) is 0 Å². The number of nitro benzene ring substituents is 1. The molecule has 0 saturated carbocycles. The molecule has 2 aromatic carbocycles. The number of pyridine rings is 2. The Balaban J connectivity index is 1.90. The zero-order valence-electron chi connectivity index (χ0n) is 13.9. The molecule has 4 aromatic rings. The first kappa shape index (κ1) is 15.2. The molecule has 2 aromatic heterocycles. The van der Waals surface area contributed by atoms with E-state index in [1.807, 2.05) is 37.3 Å². The van der Waals surface area contributed by atoms with E-state index in [9.17, 15) is 10.1 Å². The van der Waals surface area contributed by atoms with Crippen LogP contribution in [0.2, 0.25) is 0 Å². The summed E-state index contributed by atoms with van der Waals surface area (Å²) in [4.78, 5) is 20.1. The van der Waals surface area contributed by atoms with Crippen LogP contribution in [0.25, 0.3) is 33.1 Å². The van der Waals surface area contributed by atoms with Crippen LogP contribution in [0, 0.1) is 24.0 Å². The smallest absolute Gasteiger partial charge is 0.258 e. The second-order valence-corrected chi connectivity index (χ2v) is 6.17. The summed E-state index contributed by atoms with van der Waals surface area (Å²) in [6, 6.07) is 15.3. The van der Waals surface area contributed by atoms with Crippen LogP contribution in [-0.4, -0.2) is 14.9 Å². The number of nitrogens with zero attached hydrogens (tertiary/aromatic N) is 3. The molecule has 0 saturated heterocycles. The highest BCUT2D eigenvalue weighted by Gasteiger charge is 2.16. The third-order valence-corrected chi connectivity index (χ3v) is 4.36. The Morgan fingerprint density at radius 2 is 1.76 bits per heavy atom. The molecule has 0 unspecified atom stereocenters. The lowest BCUT2D eigenvalue weighted by molar-refractivity contribution is -0.383. The molecule has 5 heteroatoms. The Morgan fingerprint density at radius 1 is 0.960 bits per heavy atom. The van der Waals surface area contributed by atoms with Gasteiger partial charge in [-0.1, -0.05) is 17.7 Å². The molecular weight excluding hydrogens is 314 g/mol. The maximum Gasteiger partial charge on any atom is 0.281 e. The monoisotopic (exact) mass is 329 g/mol. The summed E-state index contributed by atoms with van der Waals surface area (Å²) in [5, 5.41) is 12.9. The standard InChI is InChI=1S/C20H15N3O2/c1-12-3-6-17-14(9-12)10-15(11-21-17)18-8-5-16-19(22-18)7-4-13(2)20(16)23(24)25/h3-11H,1-2H3. The Hall–Kier alpha value is -3.34. The van der Waals surface area contributed by atoms with Crippen molar-refractivity contribution in [3.05, 3.63) is 76.0 Å². The first-order valence-corrected chi connectivity index (χ1v) is 7.94. The van der Waals surface area contributed by atoms with E-state index in [0.717, 1.165) is 22.2 Å². The maximum atomic E-state index is 11.3. The summed E-state index contributed by atoms with van der Waals surface area (Å²) in [6.07, 6.45) is 1.79. The molecule has 0 bridgehead atoms. The molecular formula is C20H15N3O2. The fourth-order valence-corrected chi connectivity index (χ4v) is 3.09. The Morgan fingerprint density at radius 3 is 2.56 bits per heavy atom. The van der Waals surface area contributed by atoms with Gasteiger partial charge in [-0.25, -0.2) is 4.98 Å². The lowest BCUT2D eigenvalue weighted by Gasteiger charge is -2.07. The van der Waals surface area contributed by atoms with Crippen LogP contribution in [0.3, 0.4) is 0 Å². The molecule has 0 spiro atoms. The zero-order chi connectivity index (χ0) is 17.6. The van der Waals surface area contributed by atoms with Crippen molar-refractivity contribution in [1.82, 2.24) is 9.97 Å². The SMILES string of the molecule is Cc1ccc2ncc(-c3ccc4c([N+](=O)[O-])c(C)ccc4n3)cc2c1. The fraction of sp³-hybridized carbons (Fsp3) is 0.100. The first-order valence-electron chi connectivity index (χ1n) is 7.94. The summed E-state index contributed by atoms with van der Waals surface area (Å²) in [7, 11) is 0. The molecule has 0 aliphatic heterocycles. The van der Waals surface area contributed by atoms with Gasteiger partial charge in [-0.05, 0) is 50.2 Å². The predicted octanol–water partition coefficient (Wildman–Crippen LogP) is 4.98. The van der Waals surface area contributed by atoms with Gasteiger partial charge in [-0.3, -0.25) is 15.1 Å². The molecule has 0 aliphatic rings. The average Bonchev–Trinajstić information content (AvgIpc) is 2.60. The molecule has 122 valence electrons. The van der Waals surface area contributed by atoms with Crippen molar-refractivity contribution in [3.8, 4) is 11.3 Å². The van der Waals surface area contributed by atoms with Gasteiger partial charge in [0.05, 0.1) is 27.0 Å². The number of rotatable bonds is 2. The van der Waals surface area contributed by atoms with E-state index in [1.165, 1.54) is 5.56 Å². The number of aryl methyl sites for hydroxylation is 2. The number of nitro groups is 1. The number of aromatic nitrogens is 2. The predicted molar refractivity (Wildman–Crippen MR) is 98.6 cm³/mol. The lowest BCUT2D eigenvalue weighted by Crippen LogP contribution is -1.95. The van der Waals surface area contributed by atoms with Crippen LogP contribution in [0.4, 0.5) is 5.69 Å². The molecule has 5 nitrogen and oxygen atoms in total. The van der Waals surface area contributed by atoms with Crippen molar-refractivity contribution in [2.75, 3.05) is 0 Å². The minimum Gasteiger partial charge on any atom is -0.258 e. The molecule has 0 N–H and O–H groups in total. The lowest BCUT2D eigenvalue weighted by atomic mass is 10.1. The van der Waals surface area contributed by atoms with E-state index in [4.69, 9.17) is 0 Å². The highest BCUT2D eigenvalue weighted by molar-refractivity contribution is 5.91. The normalized spacial score (nSPS) is 11.1. The van der Waals surface area contributed by atoms with Crippen LogP contribution in [0.1, 0.15) is 11.1 Å². The summed E-state index contributed by atoms with van der Waals surface area (Å²) < 4.78 is 0. The molecule has 2 heterocycles. The van der Waals surface area contributed by atoms with E-state index in [2.05, 4.69) is 16.0 Å². The van der Waals surface area contributed by atoms with E-state index in [0.29, 0.717) is 16.5 Å². The third kappa shape index (κ3) is 2.59. The van der Waals surface area contributed by atoms with Gasteiger partial charge in [0, 0.05) is 22.7 Å². The summed E-state index contributed by atoms with van der Waals surface area (Å²) in [6.45, 7) is 3.78. The van der Waals surface area contributed by atoms with Gasteiger partial charge in [-0.15, -0.1) is 0 Å². The molecule has 0 fully saturated rings. The van der Waals surface area contributed by atoms with E-state index < -0.39 is 0 Å². The van der Waals surface area contributed by atoms with Crippen LogP contribution in [0.5, 0.6) is 0 Å². The highest BCUT2D eigenvalue weighted by Crippen LogP contribution is 2.30. The first-order chi connectivity index (χ1) is 12.0. The summed E-state index contributed by atoms with van der Waals surface area (Å²) >= 11 is 0. The van der Waals surface area contributed by atoms with Gasteiger partial charge in [0.25, 0.3) is 5.69 Å². The van der Waals surface area contributed by atoms with Gasteiger partial charge in [0.1, 0.15) is 0 Å². The van der Waals surface area contributed by atoms with Crippen LogP contribution in [-0.2, 0) is 0 Å². The second kappa shape index (κ2) is 5.63. The third-order valence-electron chi connectivity index (χ3n) is 4.36. The van der Waals surface area contributed by atoms with Gasteiger partial charge >= 0.3 is 0 Å². The largest absolute Gasteiger partial charge is 0.281 e. The summed E-state index contributed by atoms with van der Waals surface area (Å²) in [5.41, 5.74) is 5.10. The molecule has 0 radical (unpaired) electrons. The fourth-order valence-electron chi connectivity index (χ4n) is 3.09.